The van der Waals surface area contributed by atoms with Gasteiger partial charge in [-0.25, -0.2) is 0 Å². The number of hydrogen-bond donors (Lipinski definition) is 1. The van der Waals surface area contributed by atoms with Gasteiger partial charge in [0.25, 0.3) is 0 Å². The van der Waals surface area contributed by atoms with Gasteiger partial charge in [0.15, 0.2) is 0 Å². The van der Waals surface area contributed by atoms with Gasteiger partial charge in [0, 0.05) is 10.5 Å². The first-order valence-electron chi connectivity index (χ1n) is 4.76. The van der Waals surface area contributed by atoms with E-state index in [2.05, 4.69) is 15.9 Å². The van der Waals surface area contributed by atoms with Crippen molar-refractivity contribution in [1.82, 2.24) is 0 Å². The van der Waals surface area contributed by atoms with E-state index in [9.17, 15) is 4.79 Å². The van der Waals surface area contributed by atoms with E-state index < -0.39 is 0 Å². The normalized spacial score (nSPS) is 23.7. The van der Waals surface area contributed by atoms with E-state index in [1.165, 1.54) is 7.11 Å². The number of esters is 1. The van der Waals surface area contributed by atoms with Crippen LogP contribution in [-0.4, -0.2) is 13.1 Å². The molecule has 0 radical (unpaired) electrons. The minimum atomic E-state index is -0.247. The van der Waals surface area contributed by atoms with Gasteiger partial charge in [0.1, 0.15) is 0 Å². The molecule has 0 spiro atoms. The number of carbonyl (C=O) groups is 1. The molecule has 1 aromatic rings. The Kier molecular flexibility index (Phi) is 2.80. The van der Waals surface area contributed by atoms with E-state index in [4.69, 9.17) is 10.5 Å². The fourth-order valence-corrected chi connectivity index (χ4v) is 2.59. The summed E-state index contributed by atoms with van der Waals surface area (Å²) in [5, 5.41) is 0. The lowest BCUT2D eigenvalue weighted by molar-refractivity contribution is -0.145. The summed E-state index contributed by atoms with van der Waals surface area (Å²) in [6.07, 6.45) is 0.657. The van der Waals surface area contributed by atoms with Crippen molar-refractivity contribution in [2.75, 3.05) is 7.11 Å². The number of methoxy groups -OCH3 is 1. The predicted octanol–water partition coefficient (Wildman–Crippen LogP) is 1.79. The molecule has 2 atom stereocenters. The van der Waals surface area contributed by atoms with Crippen LogP contribution in [0.15, 0.2) is 22.7 Å². The van der Waals surface area contributed by atoms with E-state index in [0.29, 0.717) is 6.42 Å². The molecule has 0 heterocycles. The number of halogens is 1. The summed E-state index contributed by atoms with van der Waals surface area (Å²) in [6.45, 7) is 0. The number of nitrogens with two attached hydrogens (primary N) is 1. The van der Waals surface area contributed by atoms with Crippen LogP contribution >= 0.6 is 15.9 Å². The average molecular weight is 270 g/mol. The Morgan fingerprint density at radius 2 is 2.33 bits per heavy atom. The van der Waals surface area contributed by atoms with Gasteiger partial charge in [-0.1, -0.05) is 28.1 Å². The fraction of sp³-hybridized carbons (Fsp3) is 0.364. The first-order valence-corrected chi connectivity index (χ1v) is 5.55. The Labute approximate surface area is 96.7 Å². The molecule has 1 aliphatic carbocycles. The molecule has 4 heteroatoms. The molecule has 0 saturated carbocycles. The van der Waals surface area contributed by atoms with Crippen LogP contribution in [0.5, 0.6) is 0 Å². The van der Waals surface area contributed by atoms with Crippen LogP contribution in [-0.2, 0) is 16.0 Å². The summed E-state index contributed by atoms with van der Waals surface area (Å²) in [7, 11) is 1.40. The minimum absolute atomic E-state index is 0.231. The lowest BCUT2D eigenvalue weighted by Gasteiger charge is -2.12. The van der Waals surface area contributed by atoms with Gasteiger partial charge in [0.05, 0.1) is 13.0 Å². The van der Waals surface area contributed by atoms with Crippen LogP contribution in [0.2, 0.25) is 0 Å². The predicted molar refractivity (Wildman–Crippen MR) is 60.3 cm³/mol. The summed E-state index contributed by atoms with van der Waals surface area (Å²) >= 11 is 3.47. The maximum Gasteiger partial charge on any atom is 0.310 e. The van der Waals surface area contributed by atoms with Crippen molar-refractivity contribution < 1.29 is 9.53 Å². The Hall–Kier alpha value is -0.870. The third-order valence-electron chi connectivity index (χ3n) is 2.88. The smallest absolute Gasteiger partial charge is 0.310 e. The van der Waals surface area contributed by atoms with Crippen LogP contribution in [0.4, 0.5) is 0 Å². The lowest BCUT2D eigenvalue weighted by Crippen LogP contribution is -2.25. The highest BCUT2D eigenvalue weighted by atomic mass is 79.9. The number of ether oxygens (including phenoxy) is 1. The highest BCUT2D eigenvalue weighted by Crippen LogP contribution is 2.38. The van der Waals surface area contributed by atoms with Gasteiger partial charge >= 0.3 is 5.97 Å². The zero-order valence-corrected chi connectivity index (χ0v) is 9.95. The van der Waals surface area contributed by atoms with Crippen molar-refractivity contribution in [3.05, 3.63) is 33.8 Å². The Morgan fingerprint density at radius 1 is 1.60 bits per heavy atom. The zero-order chi connectivity index (χ0) is 11.0. The molecule has 0 bridgehead atoms. The van der Waals surface area contributed by atoms with Crippen LogP contribution in [0.1, 0.15) is 17.2 Å². The molecule has 0 aliphatic heterocycles. The monoisotopic (exact) mass is 269 g/mol. The SMILES string of the molecule is COC(=O)C1Cc2c(Br)cccc2C1N. The second-order valence-electron chi connectivity index (χ2n) is 3.67. The Balaban J connectivity index is 2.37. The van der Waals surface area contributed by atoms with Gasteiger partial charge in [-0.05, 0) is 23.6 Å². The number of fused-ring (bicyclic) bond motifs is 1. The summed E-state index contributed by atoms with van der Waals surface area (Å²) < 4.78 is 5.76. The highest BCUT2D eigenvalue weighted by Gasteiger charge is 2.36. The quantitative estimate of drug-likeness (QED) is 0.791. The third-order valence-corrected chi connectivity index (χ3v) is 3.62. The van der Waals surface area contributed by atoms with E-state index in [-0.39, 0.29) is 17.9 Å². The van der Waals surface area contributed by atoms with Crippen LogP contribution in [0.3, 0.4) is 0 Å². The van der Waals surface area contributed by atoms with Crippen molar-refractivity contribution in [2.45, 2.75) is 12.5 Å². The molecule has 0 amide bonds. The van der Waals surface area contributed by atoms with Gasteiger partial charge < -0.3 is 10.5 Å². The zero-order valence-electron chi connectivity index (χ0n) is 8.37. The molecule has 1 aromatic carbocycles. The summed E-state index contributed by atoms with van der Waals surface area (Å²) in [5.41, 5.74) is 8.18. The van der Waals surface area contributed by atoms with Crippen LogP contribution in [0, 0.1) is 5.92 Å². The fourth-order valence-electron chi connectivity index (χ4n) is 2.05. The average Bonchev–Trinajstić information content (AvgIpc) is 2.57. The lowest BCUT2D eigenvalue weighted by atomic mass is 10.0. The largest absolute Gasteiger partial charge is 0.469 e. The third kappa shape index (κ3) is 1.68. The Morgan fingerprint density at radius 3 is 2.93 bits per heavy atom. The Bertz CT molecular complexity index is 406. The van der Waals surface area contributed by atoms with Crippen molar-refractivity contribution in [3.8, 4) is 0 Å². The van der Waals surface area contributed by atoms with Crippen molar-refractivity contribution in [3.63, 3.8) is 0 Å². The maximum atomic E-state index is 11.5. The molecule has 80 valence electrons. The van der Waals surface area contributed by atoms with Gasteiger partial charge in [-0.15, -0.1) is 0 Å². The van der Waals surface area contributed by atoms with Gasteiger partial charge in [-0.2, -0.15) is 0 Å². The number of benzene rings is 1. The van der Waals surface area contributed by atoms with Crippen molar-refractivity contribution in [2.24, 2.45) is 11.7 Å². The van der Waals surface area contributed by atoms with Gasteiger partial charge in [0.2, 0.25) is 0 Å². The van der Waals surface area contributed by atoms with E-state index in [1.807, 2.05) is 18.2 Å². The van der Waals surface area contributed by atoms with Crippen molar-refractivity contribution >= 4 is 21.9 Å². The molecule has 2 rings (SSSR count). The molecule has 0 fully saturated rings. The first kappa shape index (κ1) is 10.6. The van der Waals surface area contributed by atoms with Gasteiger partial charge in [-0.3, -0.25) is 4.79 Å². The molecule has 3 nitrogen and oxygen atoms in total. The second kappa shape index (κ2) is 3.94. The number of rotatable bonds is 1. The topological polar surface area (TPSA) is 52.3 Å². The van der Waals surface area contributed by atoms with E-state index >= 15 is 0 Å². The molecule has 0 aromatic heterocycles. The van der Waals surface area contributed by atoms with Crippen molar-refractivity contribution in [1.29, 1.82) is 0 Å². The molecular weight excluding hydrogens is 258 g/mol. The summed E-state index contributed by atoms with van der Waals surface area (Å²) in [6, 6.07) is 5.62. The summed E-state index contributed by atoms with van der Waals surface area (Å²) in [5.74, 6) is -0.477. The summed E-state index contributed by atoms with van der Waals surface area (Å²) in [4.78, 5) is 11.5. The van der Waals surface area contributed by atoms with E-state index in [0.717, 1.165) is 15.6 Å². The highest BCUT2D eigenvalue weighted by molar-refractivity contribution is 9.10. The molecule has 15 heavy (non-hydrogen) atoms. The second-order valence-corrected chi connectivity index (χ2v) is 4.52. The maximum absolute atomic E-state index is 11.5. The molecule has 0 saturated heterocycles. The molecule has 2 N–H and O–H groups in total. The van der Waals surface area contributed by atoms with Crippen LogP contribution < -0.4 is 5.73 Å². The van der Waals surface area contributed by atoms with Crippen LogP contribution in [0.25, 0.3) is 0 Å². The van der Waals surface area contributed by atoms with E-state index in [1.54, 1.807) is 0 Å². The molecular formula is C11H12BrNO2. The number of carbonyl (C=O) groups excluding carboxylic acids is 1. The minimum Gasteiger partial charge on any atom is -0.469 e. The number of hydrogen-bond acceptors (Lipinski definition) is 3. The standard InChI is InChI=1S/C11H12BrNO2/c1-15-11(14)8-5-7-6(10(8)13)3-2-4-9(7)12/h2-4,8,10H,5,13H2,1H3. The molecule has 1 aliphatic rings. The first-order chi connectivity index (χ1) is 7.15. The molecule has 2 unspecified atom stereocenters.